The van der Waals surface area contributed by atoms with E-state index < -0.39 is 28.9 Å². The third-order valence-electron chi connectivity index (χ3n) is 5.10. The smallest absolute Gasteiger partial charge is 0.257 e. The molecule has 0 aliphatic rings. The minimum atomic E-state index is -0.777. The van der Waals surface area contributed by atoms with Gasteiger partial charge in [0.15, 0.2) is 0 Å². The highest BCUT2D eigenvalue weighted by atomic mass is 32.1. The SMILES string of the molecule is CCC(NC(=O)c1cn(CCOC)cc(C(=O)NCc2cc(F)cc(F)c2)c1=O)c1cccs1. The molecule has 0 aliphatic heterocycles. The van der Waals surface area contributed by atoms with Crippen molar-refractivity contribution in [3.63, 3.8) is 0 Å². The summed E-state index contributed by atoms with van der Waals surface area (Å²) < 4.78 is 33.4. The molecule has 0 saturated heterocycles. The quantitative estimate of drug-likeness (QED) is 0.455. The van der Waals surface area contributed by atoms with Gasteiger partial charge in [0.2, 0.25) is 5.43 Å². The minimum absolute atomic E-state index is 0.185. The maximum atomic E-state index is 13.4. The van der Waals surface area contributed by atoms with Crippen molar-refractivity contribution in [3.05, 3.63) is 91.5 Å². The molecule has 3 aromatic rings. The molecule has 34 heavy (non-hydrogen) atoms. The Kier molecular flexibility index (Phi) is 8.67. The van der Waals surface area contributed by atoms with Crippen molar-refractivity contribution in [2.75, 3.05) is 13.7 Å². The molecule has 1 unspecified atom stereocenters. The van der Waals surface area contributed by atoms with Crippen molar-refractivity contribution >= 4 is 23.2 Å². The number of nitrogens with one attached hydrogen (secondary N) is 2. The number of carbonyl (C=O) groups is 2. The molecule has 0 saturated carbocycles. The van der Waals surface area contributed by atoms with Gasteiger partial charge < -0.3 is 19.9 Å². The zero-order valence-electron chi connectivity index (χ0n) is 18.8. The van der Waals surface area contributed by atoms with Gasteiger partial charge in [-0.3, -0.25) is 14.4 Å². The zero-order chi connectivity index (χ0) is 24.7. The molecule has 0 bridgehead atoms. The van der Waals surface area contributed by atoms with Gasteiger partial charge in [-0.25, -0.2) is 8.78 Å². The Bertz CT molecular complexity index is 1190. The normalized spacial score (nSPS) is 11.8. The monoisotopic (exact) mass is 489 g/mol. The summed E-state index contributed by atoms with van der Waals surface area (Å²) in [5.74, 6) is -2.92. The first-order chi connectivity index (χ1) is 16.3. The lowest BCUT2D eigenvalue weighted by Crippen LogP contribution is -2.36. The number of amides is 2. The molecule has 3 rings (SSSR count). The van der Waals surface area contributed by atoms with E-state index >= 15 is 0 Å². The summed E-state index contributed by atoms with van der Waals surface area (Å²) >= 11 is 1.49. The van der Waals surface area contributed by atoms with Gasteiger partial charge in [0.25, 0.3) is 11.8 Å². The Hall–Kier alpha value is -3.37. The summed E-state index contributed by atoms with van der Waals surface area (Å²) in [5.41, 5.74) is -0.989. The summed E-state index contributed by atoms with van der Waals surface area (Å²) in [7, 11) is 1.51. The van der Waals surface area contributed by atoms with Gasteiger partial charge >= 0.3 is 0 Å². The lowest BCUT2D eigenvalue weighted by atomic mass is 10.1. The van der Waals surface area contributed by atoms with Crippen molar-refractivity contribution in [3.8, 4) is 0 Å². The molecule has 0 fully saturated rings. The number of thiophene rings is 1. The zero-order valence-corrected chi connectivity index (χ0v) is 19.6. The van der Waals surface area contributed by atoms with E-state index in [1.807, 2.05) is 24.4 Å². The van der Waals surface area contributed by atoms with Crippen molar-refractivity contribution in [2.24, 2.45) is 0 Å². The average Bonchev–Trinajstić information content (AvgIpc) is 3.34. The standard InChI is InChI=1S/C24H25F2N3O4S/c1-3-20(21-5-4-8-34-21)28-24(32)19-14-29(6-7-33-2)13-18(22(19)30)23(31)27-12-15-9-16(25)11-17(26)10-15/h4-5,8-11,13-14,20H,3,6-7,12H2,1-2H3,(H,27,31)(H,28,32). The highest BCUT2D eigenvalue weighted by Gasteiger charge is 2.22. The van der Waals surface area contributed by atoms with Crippen LogP contribution in [-0.2, 0) is 17.8 Å². The highest BCUT2D eigenvalue weighted by molar-refractivity contribution is 7.10. The molecule has 180 valence electrons. The third-order valence-corrected chi connectivity index (χ3v) is 6.08. The molecule has 0 spiro atoms. The van der Waals surface area contributed by atoms with Gasteiger partial charge in [-0.1, -0.05) is 13.0 Å². The number of carbonyl (C=O) groups excluding carboxylic acids is 2. The van der Waals surface area contributed by atoms with Crippen molar-refractivity contribution < 1.29 is 23.1 Å². The number of hydrogen-bond acceptors (Lipinski definition) is 5. The van der Waals surface area contributed by atoms with Crippen LogP contribution in [0.15, 0.2) is 52.9 Å². The number of ether oxygens (including phenoxy) is 1. The molecule has 10 heteroatoms. The van der Waals surface area contributed by atoms with Crippen LogP contribution in [0.1, 0.15) is 50.5 Å². The molecule has 2 amide bonds. The number of halogens is 2. The van der Waals surface area contributed by atoms with Crippen LogP contribution in [0.4, 0.5) is 8.78 Å². The molecule has 0 aliphatic carbocycles. The van der Waals surface area contributed by atoms with Crippen LogP contribution >= 0.6 is 11.3 Å². The lowest BCUT2D eigenvalue weighted by Gasteiger charge is -2.17. The number of benzene rings is 1. The van der Waals surface area contributed by atoms with E-state index in [0.29, 0.717) is 19.6 Å². The first kappa shape index (κ1) is 25.3. The molecular weight excluding hydrogens is 464 g/mol. The van der Waals surface area contributed by atoms with Gasteiger partial charge in [-0.2, -0.15) is 0 Å². The Morgan fingerprint density at radius 2 is 1.79 bits per heavy atom. The van der Waals surface area contributed by atoms with Gasteiger partial charge in [-0.05, 0) is 35.6 Å². The lowest BCUT2D eigenvalue weighted by molar-refractivity contribution is 0.0933. The molecule has 2 heterocycles. The molecule has 1 atom stereocenters. The number of nitrogens with zero attached hydrogens (tertiary/aromatic N) is 1. The van der Waals surface area contributed by atoms with E-state index in [9.17, 15) is 23.2 Å². The van der Waals surface area contributed by atoms with Gasteiger partial charge in [0.05, 0.1) is 12.6 Å². The maximum Gasteiger partial charge on any atom is 0.257 e. The van der Waals surface area contributed by atoms with E-state index in [4.69, 9.17) is 4.74 Å². The third kappa shape index (κ3) is 6.36. The van der Waals surface area contributed by atoms with Crippen LogP contribution in [0, 0.1) is 11.6 Å². The minimum Gasteiger partial charge on any atom is -0.383 e. The second-order valence-electron chi connectivity index (χ2n) is 7.56. The first-order valence-electron chi connectivity index (χ1n) is 10.6. The Labute approximate surface area is 199 Å². The topological polar surface area (TPSA) is 89.4 Å². The molecule has 2 aromatic heterocycles. The molecule has 7 nitrogen and oxygen atoms in total. The maximum absolute atomic E-state index is 13.4. The van der Waals surface area contributed by atoms with E-state index in [-0.39, 0.29) is 29.3 Å². The van der Waals surface area contributed by atoms with Gasteiger partial charge in [-0.15, -0.1) is 11.3 Å². The summed E-state index contributed by atoms with van der Waals surface area (Å²) in [5, 5.41) is 7.25. The largest absolute Gasteiger partial charge is 0.383 e. The van der Waals surface area contributed by atoms with Crippen molar-refractivity contribution in [1.29, 1.82) is 0 Å². The second-order valence-corrected chi connectivity index (χ2v) is 8.53. The van der Waals surface area contributed by atoms with Crippen LogP contribution in [0.25, 0.3) is 0 Å². The van der Waals surface area contributed by atoms with Crippen molar-refractivity contribution in [1.82, 2.24) is 15.2 Å². The summed E-state index contributed by atoms with van der Waals surface area (Å²) in [4.78, 5) is 39.8. The van der Waals surface area contributed by atoms with Crippen LogP contribution < -0.4 is 16.1 Å². The van der Waals surface area contributed by atoms with Crippen LogP contribution in [0.2, 0.25) is 0 Å². The number of hydrogen-bond donors (Lipinski definition) is 2. The van der Waals surface area contributed by atoms with Crippen LogP contribution in [0.5, 0.6) is 0 Å². The first-order valence-corrected chi connectivity index (χ1v) is 11.5. The Morgan fingerprint density at radius 1 is 1.12 bits per heavy atom. The number of aromatic nitrogens is 1. The molecule has 2 N–H and O–H groups in total. The summed E-state index contributed by atoms with van der Waals surface area (Å²) in [6, 6.07) is 6.39. The number of rotatable bonds is 10. The van der Waals surface area contributed by atoms with Gasteiger partial charge in [0, 0.05) is 43.5 Å². The number of pyridine rings is 1. The fraction of sp³-hybridized carbons (Fsp3) is 0.292. The molecule has 1 aromatic carbocycles. The van der Waals surface area contributed by atoms with E-state index in [0.717, 1.165) is 23.1 Å². The summed E-state index contributed by atoms with van der Waals surface area (Å²) in [6.07, 6.45) is 3.33. The van der Waals surface area contributed by atoms with Gasteiger partial charge in [0.1, 0.15) is 22.8 Å². The predicted molar refractivity (Wildman–Crippen MR) is 125 cm³/mol. The average molecular weight is 490 g/mol. The fourth-order valence-electron chi connectivity index (χ4n) is 3.37. The fourth-order valence-corrected chi connectivity index (χ4v) is 4.23. The Morgan fingerprint density at radius 3 is 2.38 bits per heavy atom. The number of methoxy groups -OCH3 is 1. The molecule has 0 radical (unpaired) electrons. The highest BCUT2D eigenvalue weighted by Crippen LogP contribution is 2.22. The second kappa shape index (κ2) is 11.7. The summed E-state index contributed by atoms with van der Waals surface area (Å²) in [6.45, 7) is 2.31. The Balaban J connectivity index is 1.87. The van der Waals surface area contributed by atoms with Crippen LogP contribution in [0.3, 0.4) is 0 Å². The van der Waals surface area contributed by atoms with Crippen molar-refractivity contribution in [2.45, 2.75) is 32.5 Å². The van der Waals surface area contributed by atoms with Crippen LogP contribution in [-0.4, -0.2) is 30.1 Å². The molecular formula is C24H25F2N3O4S. The predicted octanol–water partition coefficient (Wildman–Crippen LogP) is 3.65. The van der Waals surface area contributed by atoms with E-state index in [2.05, 4.69) is 10.6 Å². The van der Waals surface area contributed by atoms with E-state index in [1.54, 1.807) is 0 Å². The van der Waals surface area contributed by atoms with E-state index in [1.165, 1.54) is 35.4 Å².